The van der Waals surface area contributed by atoms with E-state index in [2.05, 4.69) is 9.40 Å². The first-order valence-corrected chi connectivity index (χ1v) is 1.53. The maximum Gasteiger partial charge on any atom is 0.210 e. The SMILES string of the molecule is Nc1cnco1. The van der Waals surface area contributed by atoms with Crippen molar-refractivity contribution < 1.29 is 4.42 Å². The zero-order chi connectivity index (χ0) is 4.41. The van der Waals surface area contributed by atoms with Gasteiger partial charge in [-0.25, -0.2) is 4.98 Å². The first-order chi connectivity index (χ1) is 2.89. The zero-order valence-corrected chi connectivity index (χ0v) is 3.09. The standard InChI is InChI=1S/C3H4N2O/c4-3-1-5-2-6-3/h1-2H,4H2. The van der Waals surface area contributed by atoms with Gasteiger partial charge in [0, 0.05) is 0 Å². The van der Waals surface area contributed by atoms with Crippen molar-refractivity contribution in [2.75, 3.05) is 5.73 Å². The molecule has 0 fully saturated rings. The minimum atomic E-state index is 0.356. The number of nitrogen functional groups attached to an aromatic ring is 1. The minimum absolute atomic E-state index is 0.356. The predicted octanol–water partition coefficient (Wildman–Crippen LogP) is 0.257. The Hall–Kier alpha value is -0.990. The van der Waals surface area contributed by atoms with E-state index in [9.17, 15) is 0 Å². The van der Waals surface area contributed by atoms with Crippen LogP contribution in [0.3, 0.4) is 0 Å². The summed E-state index contributed by atoms with van der Waals surface area (Å²) in [5.41, 5.74) is 5.05. The van der Waals surface area contributed by atoms with Crippen LogP contribution in [0.25, 0.3) is 0 Å². The summed E-state index contributed by atoms with van der Waals surface area (Å²) in [6, 6.07) is 0. The van der Waals surface area contributed by atoms with E-state index in [4.69, 9.17) is 5.73 Å². The molecule has 0 aromatic carbocycles. The number of hydrogen-bond acceptors (Lipinski definition) is 3. The Labute approximate surface area is 34.8 Å². The third kappa shape index (κ3) is 0.337. The number of nitrogens with zero attached hydrogens (tertiary/aromatic N) is 1. The van der Waals surface area contributed by atoms with Crippen LogP contribution in [0.1, 0.15) is 0 Å². The van der Waals surface area contributed by atoms with Crippen LogP contribution in [0.5, 0.6) is 0 Å². The number of oxazole rings is 1. The van der Waals surface area contributed by atoms with Gasteiger partial charge in [0.2, 0.25) is 5.88 Å². The average Bonchev–Trinajstić information content (AvgIpc) is 1.86. The normalized spacial score (nSPS) is 8.67. The molecule has 0 aliphatic carbocycles. The Balaban J connectivity index is 3.05. The smallest absolute Gasteiger partial charge is 0.210 e. The lowest BCUT2D eigenvalue weighted by Crippen LogP contribution is -1.75. The van der Waals surface area contributed by atoms with Gasteiger partial charge in [-0.3, -0.25) is 0 Å². The molecule has 0 aliphatic rings. The van der Waals surface area contributed by atoms with E-state index in [0.29, 0.717) is 5.88 Å². The van der Waals surface area contributed by atoms with Gasteiger partial charge in [0.05, 0.1) is 6.20 Å². The lowest BCUT2D eigenvalue weighted by molar-refractivity contribution is 0.577. The Morgan fingerprint density at radius 3 is 2.83 bits per heavy atom. The molecule has 1 aromatic heterocycles. The van der Waals surface area contributed by atoms with Crippen LogP contribution in [0, 0.1) is 0 Å². The van der Waals surface area contributed by atoms with Gasteiger partial charge < -0.3 is 10.2 Å². The van der Waals surface area contributed by atoms with Gasteiger partial charge in [0.15, 0.2) is 6.39 Å². The number of nitrogens with two attached hydrogens (primary N) is 1. The van der Waals surface area contributed by atoms with Crippen molar-refractivity contribution in [2.24, 2.45) is 0 Å². The fourth-order valence-electron chi connectivity index (χ4n) is 0.226. The second-order valence-corrected chi connectivity index (χ2v) is 0.904. The van der Waals surface area contributed by atoms with Gasteiger partial charge in [0.25, 0.3) is 0 Å². The highest BCUT2D eigenvalue weighted by Gasteiger charge is 1.77. The molecule has 0 saturated carbocycles. The van der Waals surface area contributed by atoms with Gasteiger partial charge in [-0.2, -0.15) is 0 Å². The molecule has 3 nitrogen and oxygen atoms in total. The summed E-state index contributed by atoms with van der Waals surface area (Å²) in [6.45, 7) is 0. The monoisotopic (exact) mass is 84.0 g/mol. The molecule has 0 amide bonds. The van der Waals surface area contributed by atoms with Crippen molar-refractivity contribution in [1.29, 1.82) is 0 Å². The molecule has 0 saturated heterocycles. The van der Waals surface area contributed by atoms with Crippen LogP contribution in [0.15, 0.2) is 17.0 Å². The summed E-state index contributed by atoms with van der Waals surface area (Å²) < 4.78 is 4.50. The minimum Gasteiger partial charge on any atom is -0.428 e. The second-order valence-electron chi connectivity index (χ2n) is 0.904. The zero-order valence-electron chi connectivity index (χ0n) is 3.09. The molecule has 0 atom stereocenters. The van der Waals surface area contributed by atoms with Crippen molar-refractivity contribution in [2.45, 2.75) is 0 Å². The van der Waals surface area contributed by atoms with Crippen LogP contribution >= 0.6 is 0 Å². The van der Waals surface area contributed by atoms with Crippen molar-refractivity contribution >= 4 is 5.88 Å². The Morgan fingerprint density at radius 2 is 2.67 bits per heavy atom. The molecule has 2 N–H and O–H groups in total. The van der Waals surface area contributed by atoms with E-state index in [1.165, 1.54) is 12.6 Å². The molecule has 0 bridgehead atoms. The van der Waals surface area contributed by atoms with E-state index >= 15 is 0 Å². The maximum atomic E-state index is 5.05. The van der Waals surface area contributed by atoms with E-state index in [0.717, 1.165) is 0 Å². The van der Waals surface area contributed by atoms with Gasteiger partial charge >= 0.3 is 0 Å². The van der Waals surface area contributed by atoms with Crippen LogP contribution < -0.4 is 5.73 Å². The molecule has 3 heteroatoms. The molecule has 1 aromatic rings. The highest BCUT2D eigenvalue weighted by molar-refractivity contribution is 5.15. The Morgan fingerprint density at radius 1 is 1.83 bits per heavy atom. The summed E-state index contributed by atoms with van der Waals surface area (Å²) in [4.78, 5) is 3.53. The highest BCUT2D eigenvalue weighted by atomic mass is 16.3. The first kappa shape index (κ1) is 3.21. The third-order valence-electron chi connectivity index (χ3n) is 0.451. The largest absolute Gasteiger partial charge is 0.428 e. The molecular formula is C3H4N2O. The maximum absolute atomic E-state index is 5.05. The van der Waals surface area contributed by atoms with Crippen LogP contribution in [0.2, 0.25) is 0 Å². The summed E-state index contributed by atoms with van der Waals surface area (Å²) in [5.74, 6) is 0.356. The van der Waals surface area contributed by atoms with Crippen molar-refractivity contribution in [3.8, 4) is 0 Å². The molecule has 0 radical (unpaired) electrons. The number of anilines is 1. The van der Waals surface area contributed by atoms with Crippen LogP contribution in [-0.2, 0) is 0 Å². The molecule has 1 heterocycles. The molecule has 1 rings (SSSR count). The van der Waals surface area contributed by atoms with Gasteiger partial charge in [-0.1, -0.05) is 0 Å². The predicted molar refractivity (Wildman–Crippen MR) is 20.9 cm³/mol. The topological polar surface area (TPSA) is 52.0 Å². The van der Waals surface area contributed by atoms with E-state index in [1.54, 1.807) is 0 Å². The van der Waals surface area contributed by atoms with Crippen molar-refractivity contribution in [3.63, 3.8) is 0 Å². The fraction of sp³-hybridized carbons (Fsp3) is 0. The summed E-state index contributed by atoms with van der Waals surface area (Å²) >= 11 is 0. The van der Waals surface area contributed by atoms with Crippen LogP contribution in [-0.4, -0.2) is 4.98 Å². The summed E-state index contributed by atoms with van der Waals surface area (Å²) in [7, 11) is 0. The quantitative estimate of drug-likeness (QED) is 0.490. The number of rotatable bonds is 0. The van der Waals surface area contributed by atoms with Crippen molar-refractivity contribution in [1.82, 2.24) is 4.98 Å². The molecule has 0 unspecified atom stereocenters. The van der Waals surface area contributed by atoms with Gasteiger partial charge in [-0.15, -0.1) is 0 Å². The summed E-state index contributed by atoms with van der Waals surface area (Å²) in [5, 5.41) is 0. The molecule has 0 aliphatic heterocycles. The number of hydrogen-bond donors (Lipinski definition) is 1. The molecule has 32 valence electrons. The Kier molecular flexibility index (Phi) is 0.538. The van der Waals surface area contributed by atoms with Crippen molar-refractivity contribution in [3.05, 3.63) is 12.6 Å². The van der Waals surface area contributed by atoms with Gasteiger partial charge in [0.1, 0.15) is 0 Å². The van der Waals surface area contributed by atoms with E-state index in [1.807, 2.05) is 0 Å². The van der Waals surface area contributed by atoms with Gasteiger partial charge in [-0.05, 0) is 0 Å². The first-order valence-electron chi connectivity index (χ1n) is 1.53. The average molecular weight is 84.1 g/mol. The second kappa shape index (κ2) is 1.01. The van der Waals surface area contributed by atoms with Crippen LogP contribution in [0.4, 0.5) is 5.88 Å². The fourth-order valence-corrected chi connectivity index (χ4v) is 0.226. The lowest BCUT2D eigenvalue weighted by atomic mass is 10.9. The molecule has 6 heavy (non-hydrogen) atoms. The Bertz CT molecular complexity index is 112. The summed E-state index contributed by atoms with van der Waals surface area (Å²) in [6.07, 6.45) is 2.73. The van der Waals surface area contributed by atoms with E-state index < -0.39 is 0 Å². The lowest BCUT2D eigenvalue weighted by Gasteiger charge is -1.68. The highest BCUT2D eigenvalue weighted by Crippen LogP contribution is 1.92. The number of aromatic nitrogens is 1. The molecular weight excluding hydrogens is 80.0 g/mol. The third-order valence-corrected chi connectivity index (χ3v) is 0.451. The molecule has 0 spiro atoms. The van der Waals surface area contributed by atoms with E-state index in [-0.39, 0.29) is 0 Å².